The second kappa shape index (κ2) is 4.56. The fourth-order valence-electron chi connectivity index (χ4n) is 1.12. The zero-order valence-electron chi connectivity index (χ0n) is 8.40. The number of aromatic nitrogens is 2. The van der Waals surface area contributed by atoms with Gasteiger partial charge in [0.2, 0.25) is 11.8 Å². The van der Waals surface area contributed by atoms with E-state index in [0.717, 1.165) is 30.7 Å². The third-order valence-electron chi connectivity index (χ3n) is 1.99. The van der Waals surface area contributed by atoms with Crippen molar-refractivity contribution in [3.8, 4) is 5.88 Å². The van der Waals surface area contributed by atoms with Gasteiger partial charge in [0.15, 0.2) is 5.16 Å². The molecule has 0 aliphatic heterocycles. The molecule has 2 rings (SSSR count). The number of nitrogens with zero attached hydrogens (tertiary/aromatic N) is 1. The minimum atomic E-state index is -0.433. The summed E-state index contributed by atoms with van der Waals surface area (Å²) in [4.78, 5) is 28.4. The van der Waals surface area contributed by atoms with Crippen LogP contribution in [0.15, 0.2) is 16.0 Å². The van der Waals surface area contributed by atoms with Crippen LogP contribution in [0.25, 0.3) is 0 Å². The first-order valence-electron chi connectivity index (χ1n) is 4.86. The van der Waals surface area contributed by atoms with Crippen LogP contribution >= 0.6 is 11.8 Å². The number of aromatic amines is 1. The number of H-pyrrole nitrogens is 1. The third-order valence-corrected chi connectivity index (χ3v) is 2.86. The van der Waals surface area contributed by atoms with Gasteiger partial charge < -0.3 is 15.4 Å². The van der Waals surface area contributed by atoms with Crippen LogP contribution in [-0.2, 0) is 4.79 Å². The lowest BCUT2D eigenvalue weighted by Gasteiger charge is -2.02. The maximum absolute atomic E-state index is 11.3. The van der Waals surface area contributed by atoms with Crippen LogP contribution in [0.1, 0.15) is 12.8 Å². The highest BCUT2D eigenvalue weighted by atomic mass is 32.2. The summed E-state index contributed by atoms with van der Waals surface area (Å²) in [5.74, 6) is -0.240. The maximum Gasteiger partial charge on any atom is 0.255 e. The van der Waals surface area contributed by atoms with Crippen LogP contribution in [0, 0.1) is 0 Å². The highest BCUT2D eigenvalue weighted by molar-refractivity contribution is 7.99. The van der Waals surface area contributed by atoms with Crippen LogP contribution in [0.4, 0.5) is 0 Å². The number of carbonyl (C=O) groups is 1. The van der Waals surface area contributed by atoms with Crippen LogP contribution in [0.3, 0.4) is 0 Å². The highest BCUT2D eigenvalue weighted by Crippen LogP contribution is 2.19. The molecule has 1 aliphatic carbocycles. The van der Waals surface area contributed by atoms with Gasteiger partial charge in [-0.05, 0) is 12.8 Å². The molecule has 1 aromatic rings. The molecule has 0 atom stereocenters. The monoisotopic (exact) mass is 241 g/mol. The molecule has 16 heavy (non-hydrogen) atoms. The van der Waals surface area contributed by atoms with Gasteiger partial charge in [-0.1, -0.05) is 11.8 Å². The van der Waals surface area contributed by atoms with Crippen LogP contribution in [0.2, 0.25) is 0 Å². The molecule has 1 amide bonds. The number of rotatable bonds is 4. The molecule has 0 unspecified atom stereocenters. The molecule has 7 heteroatoms. The van der Waals surface area contributed by atoms with E-state index in [2.05, 4.69) is 15.3 Å². The predicted octanol–water partition coefficient (Wildman–Crippen LogP) is -0.154. The third kappa shape index (κ3) is 3.27. The summed E-state index contributed by atoms with van der Waals surface area (Å²) in [6, 6.07) is 1.30. The molecule has 0 spiro atoms. The van der Waals surface area contributed by atoms with E-state index >= 15 is 0 Å². The van der Waals surface area contributed by atoms with Crippen molar-refractivity contribution >= 4 is 17.7 Å². The van der Waals surface area contributed by atoms with Crippen molar-refractivity contribution < 1.29 is 9.90 Å². The van der Waals surface area contributed by atoms with E-state index < -0.39 is 5.56 Å². The van der Waals surface area contributed by atoms with Crippen LogP contribution < -0.4 is 10.9 Å². The van der Waals surface area contributed by atoms with Crippen molar-refractivity contribution in [3.63, 3.8) is 0 Å². The van der Waals surface area contributed by atoms with E-state index in [1.54, 1.807) is 0 Å². The molecule has 1 saturated carbocycles. The number of aromatic hydroxyl groups is 1. The van der Waals surface area contributed by atoms with E-state index in [9.17, 15) is 9.59 Å². The molecule has 1 aromatic heterocycles. The molecule has 6 nitrogen and oxygen atoms in total. The van der Waals surface area contributed by atoms with Gasteiger partial charge in [-0.25, -0.2) is 0 Å². The first-order valence-corrected chi connectivity index (χ1v) is 5.84. The number of carbonyl (C=O) groups excluding carboxylic acids is 1. The lowest BCUT2D eigenvalue weighted by atomic mass is 10.6. The Bertz CT molecular complexity index is 456. The lowest BCUT2D eigenvalue weighted by Crippen LogP contribution is -2.27. The summed E-state index contributed by atoms with van der Waals surface area (Å²) >= 11 is 1.09. The van der Waals surface area contributed by atoms with Gasteiger partial charge in [0.05, 0.1) is 11.8 Å². The second-order valence-electron chi connectivity index (χ2n) is 3.54. The summed E-state index contributed by atoms with van der Waals surface area (Å²) < 4.78 is 0. The number of amides is 1. The van der Waals surface area contributed by atoms with Gasteiger partial charge in [-0.2, -0.15) is 4.98 Å². The quantitative estimate of drug-likeness (QED) is 0.503. The predicted molar refractivity (Wildman–Crippen MR) is 58.4 cm³/mol. The molecule has 1 fully saturated rings. The van der Waals surface area contributed by atoms with Crippen molar-refractivity contribution in [2.24, 2.45) is 0 Å². The Labute approximate surface area is 95.5 Å². The van der Waals surface area contributed by atoms with Gasteiger partial charge in [0.1, 0.15) is 0 Å². The fraction of sp³-hybridized carbons (Fsp3) is 0.444. The molecule has 0 aromatic carbocycles. The van der Waals surface area contributed by atoms with Crippen molar-refractivity contribution in [2.75, 3.05) is 5.75 Å². The molecule has 0 saturated heterocycles. The fourth-order valence-corrected chi connectivity index (χ4v) is 1.80. The minimum Gasteiger partial charge on any atom is -0.493 e. The van der Waals surface area contributed by atoms with Crippen molar-refractivity contribution in [1.82, 2.24) is 15.3 Å². The van der Waals surface area contributed by atoms with Crippen molar-refractivity contribution in [3.05, 3.63) is 16.4 Å². The van der Waals surface area contributed by atoms with Crippen LogP contribution in [-0.4, -0.2) is 32.8 Å². The van der Waals surface area contributed by atoms with E-state index in [4.69, 9.17) is 5.11 Å². The number of thioether (sulfide) groups is 1. The normalized spacial score (nSPS) is 14.8. The summed E-state index contributed by atoms with van der Waals surface area (Å²) in [5, 5.41) is 12.1. The summed E-state index contributed by atoms with van der Waals surface area (Å²) in [6.45, 7) is 0. The first-order chi connectivity index (χ1) is 7.63. The Hall–Kier alpha value is -1.50. The average Bonchev–Trinajstić information content (AvgIpc) is 2.97. The Morgan fingerprint density at radius 3 is 3.06 bits per heavy atom. The Kier molecular flexibility index (Phi) is 3.14. The van der Waals surface area contributed by atoms with Crippen LogP contribution in [0.5, 0.6) is 5.88 Å². The van der Waals surface area contributed by atoms with E-state index in [1.165, 1.54) is 0 Å². The molecular formula is C9H11N3O3S. The van der Waals surface area contributed by atoms with Crippen molar-refractivity contribution in [2.45, 2.75) is 24.0 Å². The Morgan fingerprint density at radius 1 is 1.69 bits per heavy atom. The van der Waals surface area contributed by atoms with E-state index in [1.807, 2.05) is 0 Å². The second-order valence-corrected chi connectivity index (χ2v) is 4.50. The topological polar surface area (TPSA) is 95.1 Å². The molecule has 1 heterocycles. The lowest BCUT2D eigenvalue weighted by molar-refractivity contribution is -0.118. The highest BCUT2D eigenvalue weighted by Gasteiger charge is 2.23. The molecule has 0 bridgehead atoms. The molecule has 86 valence electrons. The maximum atomic E-state index is 11.3. The zero-order valence-corrected chi connectivity index (χ0v) is 9.21. The Balaban J connectivity index is 1.88. The summed E-state index contributed by atoms with van der Waals surface area (Å²) in [7, 11) is 0. The molecule has 3 N–H and O–H groups in total. The minimum absolute atomic E-state index is 0.0847. The Morgan fingerprint density at radius 2 is 2.44 bits per heavy atom. The largest absolute Gasteiger partial charge is 0.493 e. The number of hydrogen-bond acceptors (Lipinski definition) is 5. The van der Waals surface area contributed by atoms with E-state index in [0.29, 0.717) is 6.04 Å². The van der Waals surface area contributed by atoms with Crippen molar-refractivity contribution in [1.29, 1.82) is 0 Å². The van der Waals surface area contributed by atoms with E-state index in [-0.39, 0.29) is 22.7 Å². The first kappa shape index (κ1) is 11.0. The van der Waals surface area contributed by atoms with Gasteiger partial charge in [-0.3, -0.25) is 9.59 Å². The SMILES string of the molecule is O=C(CSc1nc(O)cc(=O)[nH]1)NC1CC1. The molecule has 0 radical (unpaired) electrons. The summed E-state index contributed by atoms with van der Waals surface area (Å²) in [5.41, 5.74) is -0.433. The summed E-state index contributed by atoms with van der Waals surface area (Å²) in [6.07, 6.45) is 2.08. The zero-order chi connectivity index (χ0) is 11.5. The number of nitrogens with one attached hydrogen (secondary N) is 2. The molecular weight excluding hydrogens is 230 g/mol. The van der Waals surface area contributed by atoms with Gasteiger partial charge in [-0.15, -0.1) is 0 Å². The van der Waals surface area contributed by atoms with Gasteiger partial charge >= 0.3 is 0 Å². The standard InChI is InChI=1S/C9H11N3O3S/c13-6-3-7(14)12-9(11-6)16-4-8(15)10-5-1-2-5/h3,5H,1-2,4H2,(H,10,15)(H2,11,12,13,14). The average molecular weight is 241 g/mol. The van der Waals surface area contributed by atoms with Gasteiger partial charge in [0.25, 0.3) is 5.56 Å². The smallest absolute Gasteiger partial charge is 0.255 e. The number of hydrogen-bond donors (Lipinski definition) is 3. The molecule has 1 aliphatic rings. The van der Waals surface area contributed by atoms with Gasteiger partial charge in [0, 0.05) is 6.04 Å².